The summed E-state index contributed by atoms with van der Waals surface area (Å²) in [7, 11) is 0. The molecule has 0 radical (unpaired) electrons. The van der Waals surface area contributed by atoms with E-state index >= 15 is 0 Å². The van der Waals surface area contributed by atoms with Crippen molar-refractivity contribution in [1.29, 1.82) is 0 Å². The minimum Gasteiger partial charge on any atom is -0.481 e. The Bertz CT molecular complexity index is 364. The molecular weight excluding hydrogens is 244 g/mol. The zero-order valence-corrected chi connectivity index (χ0v) is 11.8. The minimum absolute atomic E-state index is 0.0419. The van der Waals surface area contributed by atoms with E-state index in [9.17, 15) is 9.59 Å². The van der Waals surface area contributed by atoms with Gasteiger partial charge in [0.1, 0.15) is 0 Å². The number of rotatable bonds is 4. The zero-order valence-electron chi connectivity index (χ0n) is 11.8. The first kappa shape index (κ1) is 14.2. The maximum absolute atomic E-state index is 12.2. The number of aliphatic carboxylic acids is 1. The van der Waals surface area contributed by atoms with Gasteiger partial charge in [0.15, 0.2) is 0 Å². The van der Waals surface area contributed by atoms with Crippen molar-refractivity contribution in [3.8, 4) is 0 Å². The first-order valence-electron chi connectivity index (χ1n) is 7.21. The van der Waals surface area contributed by atoms with Crippen LogP contribution in [0, 0.1) is 11.8 Å². The molecule has 5 nitrogen and oxygen atoms in total. The van der Waals surface area contributed by atoms with E-state index < -0.39 is 11.5 Å². The van der Waals surface area contributed by atoms with Crippen molar-refractivity contribution in [2.24, 2.45) is 11.8 Å². The van der Waals surface area contributed by atoms with Gasteiger partial charge in [-0.3, -0.25) is 4.79 Å². The first-order chi connectivity index (χ1) is 8.92. The van der Waals surface area contributed by atoms with Crippen LogP contribution in [0.3, 0.4) is 0 Å². The maximum Gasteiger partial charge on any atom is 0.317 e. The third-order valence-corrected chi connectivity index (χ3v) is 4.63. The number of nitrogens with zero attached hydrogens (tertiary/aromatic N) is 1. The topological polar surface area (TPSA) is 69.6 Å². The minimum atomic E-state index is -0.832. The fourth-order valence-electron chi connectivity index (χ4n) is 3.06. The molecule has 0 aromatic heterocycles. The van der Waals surface area contributed by atoms with Crippen LogP contribution in [0.1, 0.15) is 46.0 Å². The lowest BCUT2D eigenvalue weighted by molar-refractivity contribution is -0.139. The summed E-state index contributed by atoms with van der Waals surface area (Å²) < 4.78 is 0. The van der Waals surface area contributed by atoms with Gasteiger partial charge in [0.2, 0.25) is 0 Å². The Labute approximate surface area is 114 Å². The molecule has 0 spiro atoms. The lowest BCUT2D eigenvalue weighted by Crippen LogP contribution is -2.57. The lowest BCUT2D eigenvalue weighted by Gasteiger charge is -2.42. The molecular formula is C14H24N2O3. The zero-order chi connectivity index (χ0) is 14.0. The van der Waals surface area contributed by atoms with Gasteiger partial charge in [0.25, 0.3) is 0 Å². The van der Waals surface area contributed by atoms with Crippen molar-refractivity contribution in [1.82, 2.24) is 10.2 Å². The molecule has 1 aliphatic heterocycles. The Kier molecular flexibility index (Phi) is 4.02. The average Bonchev–Trinajstić information content (AvgIpc) is 2.74. The van der Waals surface area contributed by atoms with E-state index in [1.54, 1.807) is 0 Å². The summed E-state index contributed by atoms with van der Waals surface area (Å²) in [6.07, 6.45) is 3.67. The quantitative estimate of drug-likeness (QED) is 0.820. The van der Waals surface area contributed by atoms with Gasteiger partial charge in [-0.2, -0.15) is 0 Å². The Morgan fingerprint density at radius 1 is 1.42 bits per heavy atom. The lowest BCUT2D eigenvalue weighted by atomic mass is 9.74. The van der Waals surface area contributed by atoms with E-state index in [-0.39, 0.29) is 12.5 Å². The van der Waals surface area contributed by atoms with Crippen LogP contribution in [0.4, 0.5) is 4.79 Å². The molecule has 108 valence electrons. The number of hydrogen-bond donors (Lipinski definition) is 2. The van der Waals surface area contributed by atoms with E-state index in [2.05, 4.69) is 19.2 Å². The van der Waals surface area contributed by atoms with Crippen LogP contribution in [0.5, 0.6) is 0 Å². The molecule has 1 unspecified atom stereocenters. The second kappa shape index (κ2) is 5.39. The normalized spacial score (nSPS) is 25.2. The van der Waals surface area contributed by atoms with Crippen LogP contribution in [-0.4, -0.2) is 40.6 Å². The number of likely N-dealkylation sites (tertiary alicyclic amines) is 1. The molecule has 2 rings (SSSR count). The largest absolute Gasteiger partial charge is 0.481 e. The van der Waals surface area contributed by atoms with E-state index in [4.69, 9.17) is 5.11 Å². The van der Waals surface area contributed by atoms with E-state index in [1.165, 1.54) is 0 Å². The highest BCUT2D eigenvalue weighted by Gasteiger charge is 2.42. The van der Waals surface area contributed by atoms with Gasteiger partial charge in [-0.25, -0.2) is 4.79 Å². The molecule has 2 fully saturated rings. The summed E-state index contributed by atoms with van der Waals surface area (Å²) in [5.41, 5.74) is -0.487. The fraction of sp³-hybridized carbons (Fsp3) is 0.857. The highest BCUT2D eigenvalue weighted by molar-refractivity contribution is 5.77. The highest BCUT2D eigenvalue weighted by Crippen LogP contribution is 2.35. The third kappa shape index (κ3) is 3.19. The van der Waals surface area contributed by atoms with Crippen molar-refractivity contribution in [2.45, 2.75) is 51.5 Å². The van der Waals surface area contributed by atoms with E-state index in [1.807, 2.05) is 4.90 Å². The Morgan fingerprint density at radius 3 is 2.53 bits per heavy atom. The van der Waals surface area contributed by atoms with Crippen molar-refractivity contribution in [3.05, 3.63) is 0 Å². The highest BCUT2D eigenvalue weighted by atomic mass is 16.4. The molecule has 1 saturated heterocycles. The van der Waals surface area contributed by atoms with Gasteiger partial charge in [0, 0.05) is 13.1 Å². The summed E-state index contributed by atoms with van der Waals surface area (Å²) in [6.45, 7) is 5.96. The number of urea groups is 1. The molecule has 1 atom stereocenters. The number of carbonyl (C=O) groups excluding carboxylic acids is 1. The Morgan fingerprint density at radius 2 is 2.11 bits per heavy atom. The predicted molar refractivity (Wildman–Crippen MR) is 71.9 cm³/mol. The first-order valence-corrected chi connectivity index (χ1v) is 7.21. The third-order valence-electron chi connectivity index (χ3n) is 4.63. The molecule has 19 heavy (non-hydrogen) atoms. The van der Waals surface area contributed by atoms with Crippen LogP contribution < -0.4 is 5.32 Å². The van der Waals surface area contributed by atoms with Crippen molar-refractivity contribution < 1.29 is 14.7 Å². The van der Waals surface area contributed by atoms with Crippen LogP contribution in [0.25, 0.3) is 0 Å². The molecule has 0 bridgehead atoms. The molecule has 2 N–H and O–H groups in total. The van der Waals surface area contributed by atoms with Crippen LogP contribution in [0.15, 0.2) is 0 Å². The van der Waals surface area contributed by atoms with Gasteiger partial charge in [-0.1, -0.05) is 13.8 Å². The summed E-state index contributed by atoms with van der Waals surface area (Å²) in [6, 6.07) is -0.0795. The monoisotopic (exact) mass is 268 g/mol. The number of hydrogen-bond acceptors (Lipinski definition) is 2. The van der Waals surface area contributed by atoms with Crippen molar-refractivity contribution >= 4 is 12.0 Å². The van der Waals surface area contributed by atoms with Crippen molar-refractivity contribution in [3.63, 3.8) is 0 Å². The van der Waals surface area contributed by atoms with Gasteiger partial charge in [-0.15, -0.1) is 0 Å². The smallest absolute Gasteiger partial charge is 0.317 e. The van der Waals surface area contributed by atoms with Crippen molar-refractivity contribution in [2.75, 3.05) is 13.1 Å². The van der Waals surface area contributed by atoms with Crippen LogP contribution in [-0.2, 0) is 4.79 Å². The second-order valence-corrected chi connectivity index (χ2v) is 6.37. The fourth-order valence-corrected chi connectivity index (χ4v) is 3.06. The van der Waals surface area contributed by atoms with Gasteiger partial charge >= 0.3 is 12.0 Å². The summed E-state index contributed by atoms with van der Waals surface area (Å²) in [5, 5.41) is 11.9. The molecule has 1 aliphatic carbocycles. The summed E-state index contributed by atoms with van der Waals surface area (Å²) >= 11 is 0. The molecule has 2 amide bonds. The number of carboxylic acid groups (broad SMARTS) is 1. The summed E-state index contributed by atoms with van der Waals surface area (Å²) in [5.74, 6) is 0.332. The average molecular weight is 268 g/mol. The molecule has 2 aliphatic rings. The molecule has 1 saturated carbocycles. The standard InChI is InChI=1S/C14H24N2O3/c1-10(2)11-4-7-16(9-11)13(19)15-14(5-3-6-14)8-12(17)18/h10-11H,3-9H2,1-2H3,(H,15,19)(H,17,18). The van der Waals surface area contributed by atoms with Crippen LogP contribution >= 0.6 is 0 Å². The number of carboxylic acids is 1. The van der Waals surface area contributed by atoms with Gasteiger partial charge in [0.05, 0.1) is 12.0 Å². The molecule has 0 aromatic carbocycles. The molecule has 5 heteroatoms. The van der Waals surface area contributed by atoms with Crippen LogP contribution in [0.2, 0.25) is 0 Å². The molecule has 0 aromatic rings. The number of carbonyl (C=O) groups is 2. The second-order valence-electron chi connectivity index (χ2n) is 6.37. The van der Waals surface area contributed by atoms with Gasteiger partial charge < -0.3 is 15.3 Å². The molecule has 1 heterocycles. The Hall–Kier alpha value is -1.26. The summed E-state index contributed by atoms with van der Waals surface area (Å²) in [4.78, 5) is 25.0. The van der Waals surface area contributed by atoms with E-state index in [0.29, 0.717) is 11.8 Å². The number of nitrogens with one attached hydrogen (secondary N) is 1. The number of amides is 2. The SMILES string of the molecule is CC(C)C1CCN(C(=O)NC2(CC(=O)O)CCC2)C1. The van der Waals surface area contributed by atoms with Gasteiger partial charge in [-0.05, 0) is 37.5 Å². The maximum atomic E-state index is 12.2. The predicted octanol–water partition coefficient (Wildman–Crippen LogP) is 2.07. The Balaban J connectivity index is 1.89. The van der Waals surface area contributed by atoms with E-state index in [0.717, 1.165) is 38.8 Å².